The summed E-state index contributed by atoms with van der Waals surface area (Å²) in [4.78, 5) is 11.1. The number of sulfonamides is 1. The van der Waals surface area contributed by atoms with Crippen LogP contribution in [0.3, 0.4) is 0 Å². The van der Waals surface area contributed by atoms with Gasteiger partial charge in [-0.2, -0.15) is 17.5 Å². The van der Waals surface area contributed by atoms with Gasteiger partial charge >= 0.3 is 6.18 Å². The molecule has 2 fully saturated rings. The van der Waals surface area contributed by atoms with Crippen LogP contribution in [-0.4, -0.2) is 43.3 Å². The molecule has 1 saturated carbocycles. The average molecular weight is 394 g/mol. The number of halogens is 3. The Kier molecular flexibility index (Phi) is 6.43. The highest BCUT2D eigenvalue weighted by atomic mass is 32.2. The summed E-state index contributed by atoms with van der Waals surface area (Å²) >= 11 is 0. The van der Waals surface area contributed by atoms with Crippen LogP contribution in [0.25, 0.3) is 0 Å². The van der Waals surface area contributed by atoms with Crippen LogP contribution in [0.4, 0.5) is 13.2 Å². The number of carbonyl (C=O) groups excluding carboxylic acids is 1. The van der Waals surface area contributed by atoms with Crippen LogP contribution >= 0.6 is 0 Å². The highest BCUT2D eigenvalue weighted by molar-refractivity contribution is 7.89. The zero-order valence-corrected chi connectivity index (χ0v) is 14.9. The predicted octanol–water partition coefficient (Wildman–Crippen LogP) is 2.43. The lowest BCUT2D eigenvalue weighted by Gasteiger charge is -2.26. The van der Waals surface area contributed by atoms with Crippen molar-refractivity contribution in [3.8, 4) is 0 Å². The van der Waals surface area contributed by atoms with Crippen molar-refractivity contribution in [1.82, 2.24) is 9.79 Å². The van der Waals surface area contributed by atoms with Gasteiger partial charge in [0.25, 0.3) is 0 Å². The number of carbonyl (C=O) groups is 1. The smallest absolute Gasteiger partial charge is 0.317 e. The minimum Gasteiger partial charge on any atom is -0.317 e. The van der Waals surface area contributed by atoms with Crippen molar-refractivity contribution in [3.05, 3.63) is 29.8 Å². The van der Waals surface area contributed by atoms with Crippen LogP contribution in [-0.2, 0) is 21.0 Å². The van der Waals surface area contributed by atoms with Crippen LogP contribution < -0.4 is 5.48 Å². The number of hydrogen-bond acceptors (Lipinski definition) is 5. The molecule has 10 heteroatoms. The first kappa shape index (κ1) is 20.8. The molecule has 1 aromatic rings. The van der Waals surface area contributed by atoms with Gasteiger partial charge in [-0.3, -0.25) is 0 Å². The van der Waals surface area contributed by atoms with Gasteiger partial charge in [0.05, 0.1) is 16.5 Å². The maximum atomic E-state index is 12.8. The number of nitrogens with zero attached hydrogens (tertiary/aromatic N) is 1. The van der Waals surface area contributed by atoms with E-state index in [-0.39, 0.29) is 16.9 Å². The van der Waals surface area contributed by atoms with E-state index in [9.17, 15) is 26.4 Å². The number of nitrogens with one attached hydrogen (secondary N) is 1. The molecule has 2 aliphatic rings. The fourth-order valence-electron chi connectivity index (χ4n) is 3.70. The molecule has 0 amide bonds. The van der Waals surface area contributed by atoms with Gasteiger partial charge in [-0.05, 0) is 49.4 Å². The van der Waals surface area contributed by atoms with E-state index in [0.717, 1.165) is 37.1 Å². The van der Waals surface area contributed by atoms with Crippen LogP contribution in [0.15, 0.2) is 29.2 Å². The standard InChI is InChI=1S/C15H16F3NO3S.CH5NO/c16-15(17,18)11-4-6-13(7-5-11)23(21,22)19-12(9-20)8-10-2-1-3-14(10)19;1-2-3/h4-7,9-10,12,14H,1-3,8H2;2-3H,1H3/t10-,12-,14-;/m1./s1. The molecule has 1 saturated heterocycles. The molecule has 1 aromatic carbocycles. The first-order chi connectivity index (χ1) is 12.2. The molecule has 1 aliphatic carbocycles. The molecular weight excluding hydrogens is 373 g/mol. The van der Waals surface area contributed by atoms with E-state index < -0.39 is 27.8 Å². The third-order valence-corrected chi connectivity index (χ3v) is 6.70. The molecule has 2 N–H and O–H groups in total. The maximum absolute atomic E-state index is 12.8. The second kappa shape index (κ2) is 8.03. The molecule has 146 valence electrons. The fourth-order valence-corrected chi connectivity index (χ4v) is 5.55. The molecule has 6 nitrogen and oxygen atoms in total. The summed E-state index contributed by atoms with van der Waals surface area (Å²) in [7, 11) is -2.55. The molecule has 26 heavy (non-hydrogen) atoms. The van der Waals surface area contributed by atoms with Gasteiger partial charge in [0.2, 0.25) is 10.0 Å². The Morgan fingerprint density at radius 3 is 2.31 bits per heavy atom. The Morgan fingerprint density at radius 2 is 1.81 bits per heavy atom. The number of aldehydes is 1. The van der Waals surface area contributed by atoms with E-state index >= 15 is 0 Å². The van der Waals surface area contributed by atoms with Crippen LogP contribution in [0.5, 0.6) is 0 Å². The summed E-state index contributed by atoms with van der Waals surface area (Å²) in [5.74, 6) is 0.162. The SMILES string of the molecule is CNO.O=C[C@H]1C[C@H]2CCC[C@H]2N1S(=O)(=O)c1ccc(C(F)(F)F)cc1. The van der Waals surface area contributed by atoms with E-state index in [4.69, 9.17) is 5.21 Å². The Labute approximate surface area is 150 Å². The van der Waals surface area contributed by atoms with E-state index in [1.165, 1.54) is 11.4 Å². The minimum atomic E-state index is -4.52. The fraction of sp³-hybridized carbons (Fsp3) is 0.562. The highest BCUT2D eigenvalue weighted by Crippen LogP contribution is 2.43. The van der Waals surface area contributed by atoms with Gasteiger partial charge < -0.3 is 10.0 Å². The average Bonchev–Trinajstić information content (AvgIpc) is 3.15. The molecule has 3 atom stereocenters. The van der Waals surface area contributed by atoms with Gasteiger partial charge in [-0.15, -0.1) is 0 Å². The lowest BCUT2D eigenvalue weighted by Crippen LogP contribution is -2.41. The Morgan fingerprint density at radius 1 is 1.23 bits per heavy atom. The van der Waals surface area contributed by atoms with E-state index in [0.29, 0.717) is 19.1 Å². The van der Waals surface area contributed by atoms with Crippen molar-refractivity contribution >= 4 is 16.3 Å². The van der Waals surface area contributed by atoms with Crippen molar-refractivity contribution in [2.45, 2.75) is 48.8 Å². The Hall–Kier alpha value is -1.49. The van der Waals surface area contributed by atoms with Crippen LogP contribution in [0.1, 0.15) is 31.2 Å². The number of alkyl halides is 3. The zero-order valence-electron chi connectivity index (χ0n) is 14.1. The van der Waals surface area contributed by atoms with E-state index in [2.05, 4.69) is 0 Å². The van der Waals surface area contributed by atoms with E-state index in [1.54, 1.807) is 5.48 Å². The third-order valence-electron chi connectivity index (χ3n) is 4.73. The normalized spacial score (nSPS) is 26.1. The largest absolute Gasteiger partial charge is 0.416 e. The number of hydrogen-bond donors (Lipinski definition) is 2. The van der Waals surface area contributed by atoms with Gasteiger partial charge in [-0.1, -0.05) is 6.42 Å². The monoisotopic (exact) mass is 394 g/mol. The van der Waals surface area contributed by atoms with Crippen molar-refractivity contribution in [2.24, 2.45) is 5.92 Å². The summed E-state index contributed by atoms with van der Waals surface area (Å²) < 4.78 is 64.6. The number of benzene rings is 1. The molecule has 0 unspecified atom stereocenters. The summed E-state index contributed by atoms with van der Waals surface area (Å²) in [5, 5.41) is 7.32. The molecule has 0 aromatic heterocycles. The lowest BCUT2D eigenvalue weighted by molar-refractivity contribution is -0.137. The molecule has 1 heterocycles. The Balaban J connectivity index is 0.000000758. The van der Waals surface area contributed by atoms with Gasteiger partial charge in [0.15, 0.2) is 0 Å². The van der Waals surface area contributed by atoms with Crippen LogP contribution in [0.2, 0.25) is 0 Å². The second-order valence-corrected chi connectivity index (χ2v) is 8.12. The summed E-state index contributed by atoms with van der Waals surface area (Å²) in [6.07, 6.45) is -0.922. The zero-order chi connectivity index (χ0) is 19.5. The molecular formula is C16H21F3N2O4S. The minimum absolute atomic E-state index is 0.162. The summed E-state index contributed by atoms with van der Waals surface area (Å²) in [6, 6.07) is 2.48. The number of fused-ring (bicyclic) bond motifs is 1. The first-order valence-electron chi connectivity index (χ1n) is 8.13. The van der Waals surface area contributed by atoms with Gasteiger partial charge in [0, 0.05) is 13.1 Å². The van der Waals surface area contributed by atoms with Crippen molar-refractivity contribution in [2.75, 3.05) is 7.05 Å². The van der Waals surface area contributed by atoms with Gasteiger partial charge in [0.1, 0.15) is 6.29 Å². The van der Waals surface area contributed by atoms with Crippen LogP contribution in [0, 0.1) is 5.92 Å². The predicted molar refractivity (Wildman–Crippen MR) is 86.9 cm³/mol. The topological polar surface area (TPSA) is 86.7 Å². The maximum Gasteiger partial charge on any atom is 0.416 e. The molecule has 0 spiro atoms. The second-order valence-electron chi connectivity index (χ2n) is 6.28. The number of hydroxylamine groups is 1. The summed E-state index contributed by atoms with van der Waals surface area (Å²) in [5.41, 5.74) is 0.851. The van der Waals surface area contributed by atoms with Crippen molar-refractivity contribution in [1.29, 1.82) is 0 Å². The van der Waals surface area contributed by atoms with Crippen molar-refractivity contribution in [3.63, 3.8) is 0 Å². The molecule has 3 rings (SSSR count). The highest BCUT2D eigenvalue weighted by Gasteiger charge is 2.49. The summed E-state index contributed by atoms with van der Waals surface area (Å²) in [6.45, 7) is 0. The first-order valence-corrected chi connectivity index (χ1v) is 9.57. The molecule has 0 bridgehead atoms. The van der Waals surface area contributed by atoms with Crippen molar-refractivity contribution < 1.29 is 31.6 Å². The third kappa shape index (κ3) is 4.08. The lowest BCUT2D eigenvalue weighted by atomic mass is 10.0. The Bertz CT molecular complexity index is 722. The quantitative estimate of drug-likeness (QED) is 0.607. The van der Waals surface area contributed by atoms with E-state index in [1.807, 2.05) is 0 Å². The molecule has 0 radical (unpaired) electrons. The van der Waals surface area contributed by atoms with Gasteiger partial charge in [-0.25, -0.2) is 13.9 Å². The molecule has 1 aliphatic heterocycles. The number of rotatable bonds is 3.